The molecule has 0 amide bonds. The Balaban J connectivity index is 1.79. The van der Waals surface area contributed by atoms with Crippen molar-refractivity contribution in [1.29, 1.82) is 0 Å². The van der Waals surface area contributed by atoms with Gasteiger partial charge >= 0.3 is 5.09 Å². The molecule has 1 aromatic heterocycles. The summed E-state index contributed by atoms with van der Waals surface area (Å²) in [4.78, 5) is 19.0. The number of imidazole rings is 1. The summed E-state index contributed by atoms with van der Waals surface area (Å²) in [6.07, 6.45) is 3.01. The second-order valence-corrected chi connectivity index (χ2v) is 7.47. The van der Waals surface area contributed by atoms with Crippen molar-refractivity contribution in [3.05, 3.63) is 84.1 Å². The predicted octanol–water partition coefficient (Wildman–Crippen LogP) is 6.26. The summed E-state index contributed by atoms with van der Waals surface area (Å²) in [6, 6.07) is 8.41. The number of hydrogen-bond donors (Lipinski definition) is 0. The molecule has 0 spiro atoms. The Bertz CT molecular complexity index is 1060. The summed E-state index contributed by atoms with van der Waals surface area (Å²) in [6.45, 7) is 1.97. The maximum atomic E-state index is 10.6. The Morgan fingerprint density at radius 3 is 2.66 bits per heavy atom. The first-order valence-corrected chi connectivity index (χ1v) is 9.69. The Labute approximate surface area is 185 Å². The molecule has 3 rings (SSSR count). The van der Waals surface area contributed by atoms with Crippen molar-refractivity contribution < 1.29 is 14.7 Å². The molecular formula is C18H13Cl4N3O4. The molecule has 1 unspecified atom stereocenters. The first-order chi connectivity index (χ1) is 13.8. The molecule has 1 heterocycles. The van der Waals surface area contributed by atoms with Crippen molar-refractivity contribution in [2.45, 2.75) is 19.6 Å². The third-order valence-corrected chi connectivity index (χ3v) is 5.91. The molecule has 0 radical (unpaired) electrons. The van der Waals surface area contributed by atoms with E-state index in [1.807, 2.05) is 13.0 Å². The van der Waals surface area contributed by atoms with Crippen molar-refractivity contribution >= 4 is 46.4 Å². The molecule has 29 heavy (non-hydrogen) atoms. The van der Waals surface area contributed by atoms with Gasteiger partial charge in [-0.2, -0.15) is 0 Å². The number of rotatable bonds is 7. The summed E-state index contributed by atoms with van der Waals surface area (Å²) >= 11 is 24.3. The van der Waals surface area contributed by atoms with E-state index in [1.165, 1.54) is 10.8 Å². The molecule has 0 bridgehead atoms. The van der Waals surface area contributed by atoms with Gasteiger partial charge in [0.15, 0.2) is 0 Å². The van der Waals surface area contributed by atoms with Crippen LogP contribution in [0.25, 0.3) is 0 Å². The highest BCUT2D eigenvalue weighted by molar-refractivity contribution is 6.51. The molecule has 0 saturated heterocycles. The van der Waals surface area contributed by atoms with Crippen LogP contribution in [-0.2, 0) is 6.61 Å². The average molecular weight is 477 g/mol. The Hall–Kier alpha value is -2.19. The molecule has 152 valence electrons. The minimum Gasteiger partial charge on any atom is -0.489 e. The van der Waals surface area contributed by atoms with Gasteiger partial charge in [-0.15, -0.1) is 10.1 Å². The van der Waals surface area contributed by atoms with Gasteiger partial charge in [0.2, 0.25) is 0 Å². The quantitative estimate of drug-likeness (QED) is 0.174. The van der Waals surface area contributed by atoms with Gasteiger partial charge in [0.05, 0.1) is 26.1 Å². The van der Waals surface area contributed by atoms with E-state index in [0.29, 0.717) is 11.3 Å². The van der Waals surface area contributed by atoms with E-state index in [0.717, 1.165) is 5.56 Å². The fourth-order valence-electron chi connectivity index (χ4n) is 2.64. The van der Waals surface area contributed by atoms with Crippen LogP contribution in [0, 0.1) is 10.1 Å². The SMILES string of the molecule is CC(c1cccc(OCc2cc(Cl)c(Cl)c(Cl)c2Cl)c1)n1ccnc1O[N+](=O)[O-]. The maximum Gasteiger partial charge on any atom is 0.302 e. The van der Waals surface area contributed by atoms with Gasteiger partial charge in [0.25, 0.3) is 6.01 Å². The molecule has 1 atom stereocenters. The number of ether oxygens (including phenoxy) is 1. The molecule has 0 saturated carbocycles. The zero-order valence-electron chi connectivity index (χ0n) is 14.8. The van der Waals surface area contributed by atoms with Crippen molar-refractivity contribution in [2.75, 3.05) is 0 Å². The average Bonchev–Trinajstić information content (AvgIpc) is 3.15. The topological polar surface area (TPSA) is 79.4 Å². The second-order valence-electron chi connectivity index (χ2n) is 5.93. The summed E-state index contributed by atoms with van der Waals surface area (Å²) in [5.74, 6) is 0.560. The number of aromatic nitrogens is 2. The molecular weight excluding hydrogens is 464 g/mol. The number of halogens is 4. The van der Waals surface area contributed by atoms with E-state index in [-0.39, 0.29) is 38.7 Å². The van der Waals surface area contributed by atoms with Crippen LogP contribution in [0.3, 0.4) is 0 Å². The van der Waals surface area contributed by atoms with Crippen molar-refractivity contribution in [3.63, 3.8) is 0 Å². The van der Waals surface area contributed by atoms with Crippen LogP contribution in [0.1, 0.15) is 24.1 Å². The maximum absolute atomic E-state index is 10.6. The molecule has 0 aliphatic rings. The number of hydrogen-bond acceptors (Lipinski definition) is 5. The minimum atomic E-state index is -0.906. The van der Waals surface area contributed by atoms with Gasteiger partial charge in [-0.05, 0) is 30.7 Å². The number of benzene rings is 2. The van der Waals surface area contributed by atoms with E-state index >= 15 is 0 Å². The van der Waals surface area contributed by atoms with Crippen LogP contribution in [0.4, 0.5) is 0 Å². The first kappa shape index (κ1) is 21.5. The normalized spacial score (nSPS) is 11.9. The molecule has 0 N–H and O–H groups in total. The first-order valence-electron chi connectivity index (χ1n) is 8.17. The molecule has 11 heteroatoms. The number of nitrogens with zero attached hydrogens (tertiary/aromatic N) is 3. The summed E-state index contributed by atoms with van der Waals surface area (Å²) in [5, 5.41) is 10.6. The van der Waals surface area contributed by atoms with Crippen LogP contribution in [-0.4, -0.2) is 14.6 Å². The molecule has 0 aliphatic carbocycles. The lowest BCUT2D eigenvalue weighted by atomic mass is 10.1. The van der Waals surface area contributed by atoms with Crippen molar-refractivity contribution in [2.24, 2.45) is 0 Å². The van der Waals surface area contributed by atoms with Crippen LogP contribution < -0.4 is 9.57 Å². The third kappa shape index (κ3) is 4.87. The molecule has 2 aromatic carbocycles. The van der Waals surface area contributed by atoms with Crippen molar-refractivity contribution in [3.8, 4) is 11.8 Å². The van der Waals surface area contributed by atoms with Crippen LogP contribution >= 0.6 is 46.4 Å². The largest absolute Gasteiger partial charge is 0.489 e. The Morgan fingerprint density at radius 2 is 1.93 bits per heavy atom. The van der Waals surface area contributed by atoms with Crippen LogP contribution in [0.2, 0.25) is 20.1 Å². The standard InChI is InChI=1S/C18H13Cl4N3O4/c1-10(24-6-5-23-18(24)29-25(26)27)11-3-2-4-13(7-11)28-9-12-8-14(19)16(21)17(22)15(12)20/h2-8,10H,9H2,1H3. The van der Waals surface area contributed by atoms with Gasteiger partial charge in [0, 0.05) is 18.0 Å². The summed E-state index contributed by atoms with van der Waals surface area (Å²) < 4.78 is 7.36. The summed E-state index contributed by atoms with van der Waals surface area (Å²) in [7, 11) is 0. The zero-order chi connectivity index (χ0) is 21.1. The predicted molar refractivity (Wildman–Crippen MR) is 111 cm³/mol. The van der Waals surface area contributed by atoms with Crippen LogP contribution in [0.5, 0.6) is 11.8 Å². The summed E-state index contributed by atoms with van der Waals surface area (Å²) in [5.41, 5.74) is 1.41. The molecule has 0 fully saturated rings. The van der Waals surface area contributed by atoms with Gasteiger partial charge < -0.3 is 9.30 Å². The van der Waals surface area contributed by atoms with Crippen LogP contribution in [0.15, 0.2) is 42.7 Å². The molecule has 7 nitrogen and oxygen atoms in total. The monoisotopic (exact) mass is 475 g/mol. The van der Waals surface area contributed by atoms with Gasteiger partial charge in [0.1, 0.15) is 12.4 Å². The molecule has 0 aliphatic heterocycles. The fraction of sp³-hybridized carbons (Fsp3) is 0.167. The lowest BCUT2D eigenvalue weighted by molar-refractivity contribution is -0.713. The van der Waals surface area contributed by atoms with Crippen molar-refractivity contribution in [1.82, 2.24) is 9.55 Å². The van der Waals surface area contributed by atoms with E-state index in [4.69, 9.17) is 51.1 Å². The fourth-order valence-corrected chi connectivity index (χ4v) is 3.54. The lowest BCUT2D eigenvalue weighted by Crippen LogP contribution is -2.13. The van der Waals surface area contributed by atoms with E-state index < -0.39 is 5.09 Å². The van der Waals surface area contributed by atoms with E-state index in [1.54, 1.807) is 30.5 Å². The highest BCUT2D eigenvalue weighted by atomic mass is 35.5. The van der Waals surface area contributed by atoms with E-state index in [9.17, 15) is 10.1 Å². The second kappa shape index (κ2) is 9.09. The van der Waals surface area contributed by atoms with Gasteiger partial charge in [-0.1, -0.05) is 58.5 Å². The Morgan fingerprint density at radius 1 is 1.17 bits per heavy atom. The minimum absolute atomic E-state index is 0.119. The highest BCUT2D eigenvalue weighted by Crippen LogP contribution is 2.38. The third-order valence-electron chi connectivity index (χ3n) is 4.12. The van der Waals surface area contributed by atoms with Gasteiger partial charge in [-0.25, -0.2) is 9.82 Å². The van der Waals surface area contributed by atoms with E-state index in [2.05, 4.69) is 9.82 Å². The lowest BCUT2D eigenvalue weighted by Gasteiger charge is -2.17. The smallest absolute Gasteiger partial charge is 0.302 e. The Kier molecular flexibility index (Phi) is 6.74. The molecule has 3 aromatic rings. The zero-order valence-corrected chi connectivity index (χ0v) is 17.8. The van der Waals surface area contributed by atoms with Gasteiger partial charge in [-0.3, -0.25) is 0 Å². The highest BCUT2D eigenvalue weighted by Gasteiger charge is 2.16.